The fourth-order valence-electron chi connectivity index (χ4n) is 5.20. The molecule has 1 rings (SSSR count). The summed E-state index contributed by atoms with van der Waals surface area (Å²) in [5, 5.41) is 32.9. The van der Waals surface area contributed by atoms with Crippen LogP contribution in [-0.4, -0.2) is 126 Å². The number of guanidine groups is 1. The van der Waals surface area contributed by atoms with E-state index in [1.54, 1.807) is 0 Å². The maximum atomic E-state index is 12.8. The van der Waals surface area contributed by atoms with E-state index in [4.69, 9.17) is 28.7 Å². The van der Waals surface area contributed by atoms with E-state index in [0.29, 0.717) is 71.1 Å². The Morgan fingerprint density at radius 2 is 1.48 bits per heavy atom. The van der Waals surface area contributed by atoms with Crippen molar-refractivity contribution in [2.45, 2.75) is 89.3 Å². The Balaban J connectivity index is 2.26. The zero-order chi connectivity index (χ0) is 42.0. The lowest BCUT2D eigenvalue weighted by atomic mass is 10.1. The lowest BCUT2D eigenvalue weighted by Gasteiger charge is -2.27. The molecule has 0 bridgehead atoms. The summed E-state index contributed by atoms with van der Waals surface area (Å²) in [6.45, 7) is 3.40. The summed E-state index contributed by atoms with van der Waals surface area (Å²) in [7, 11) is 0. The molecule has 21 heteroatoms. The number of nitrogens with two attached hydrogens (primary N) is 5. The minimum Gasteiger partial charge on any atom is -0.508 e. The van der Waals surface area contributed by atoms with Gasteiger partial charge in [-0.3, -0.25) is 38.6 Å². The first kappa shape index (κ1) is 48.3. The van der Waals surface area contributed by atoms with E-state index < -0.39 is 60.0 Å². The van der Waals surface area contributed by atoms with Gasteiger partial charge in [0, 0.05) is 50.8 Å². The fraction of sp³-hybridized carbons (Fsp3) is 0.600. The van der Waals surface area contributed by atoms with E-state index >= 15 is 0 Å². The van der Waals surface area contributed by atoms with E-state index in [0.717, 1.165) is 6.07 Å². The fourth-order valence-corrected chi connectivity index (χ4v) is 5.20. The lowest BCUT2D eigenvalue weighted by Crippen LogP contribution is -2.51. The monoisotopic (exact) mass is 792 g/mol. The number of benzene rings is 1. The van der Waals surface area contributed by atoms with E-state index in [1.165, 1.54) is 24.0 Å². The first-order chi connectivity index (χ1) is 26.5. The van der Waals surface area contributed by atoms with Gasteiger partial charge < -0.3 is 70.4 Å². The molecular weight excluding hydrogens is 732 g/mol. The molecule has 0 unspecified atom stereocenters. The van der Waals surface area contributed by atoms with Crippen molar-refractivity contribution in [1.82, 2.24) is 31.5 Å². The number of unbranched alkanes of at least 4 members (excludes halogenated alkanes) is 3. The molecule has 7 amide bonds. The van der Waals surface area contributed by atoms with Gasteiger partial charge in [0.25, 0.3) is 0 Å². The second kappa shape index (κ2) is 27.0. The van der Waals surface area contributed by atoms with Gasteiger partial charge in [-0.15, -0.1) is 0 Å². The Morgan fingerprint density at radius 1 is 0.804 bits per heavy atom. The minimum absolute atomic E-state index is 0.0580. The quantitative estimate of drug-likeness (QED) is 0.0212. The lowest BCUT2D eigenvalue weighted by molar-refractivity contribution is -0.139. The van der Waals surface area contributed by atoms with Crippen LogP contribution in [0.25, 0.3) is 0 Å². The largest absolute Gasteiger partial charge is 0.508 e. The van der Waals surface area contributed by atoms with Crippen LogP contribution in [0.4, 0.5) is 0 Å². The second-order valence-electron chi connectivity index (χ2n) is 13.1. The summed E-state index contributed by atoms with van der Waals surface area (Å²) in [6.07, 6.45) is 3.42. The molecule has 0 saturated heterocycles. The number of hydrogen-bond donors (Lipinski definition) is 12. The van der Waals surface area contributed by atoms with Crippen LogP contribution in [0.3, 0.4) is 0 Å². The molecule has 21 nitrogen and oxygen atoms in total. The molecule has 0 aromatic heterocycles. The zero-order valence-electron chi connectivity index (χ0n) is 32.0. The molecule has 1 aromatic carbocycles. The van der Waals surface area contributed by atoms with Gasteiger partial charge in [-0.05, 0) is 64.5 Å². The van der Waals surface area contributed by atoms with Crippen molar-refractivity contribution in [1.29, 1.82) is 0 Å². The number of amides is 7. The molecule has 0 aliphatic rings. The van der Waals surface area contributed by atoms with Gasteiger partial charge >= 0.3 is 0 Å². The first-order valence-electron chi connectivity index (χ1n) is 18.5. The van der Waals surface area contributed by atoms with Gasteiger partial charge in [-0.25, -0.2) is 0 Å². The number of carbonyl (C=O) groups excluding carboxylic acids is 7. The number of primary amides is 2. The summed E-state index contributed by atoms with van der Waals surface area (Å²) in [4.78, 5) is 90.8. The second-order valence-corrected chi connectivity index (χ2v) is 13.1. The topological polar surface area (TPSA) is 366 Å². The van der Waals surface area contributed by atoms with Gasteiger partial charge in [0.15, 0.2) is 5.96 Å². The molecule has 0 spiro atoms. The van der Waals surface area contributed by atoms with Gasteiger partial charge in [0.2, 0.25) is 41.4 Å². The van der Waals surface area contributed by atoms with Crippen LogP contribution in [0, 0.1) is 0 Å². The highest BCUT2D eigenvalue weighted by Gasteiger charge is 2.25. The van der Waals surface area contributed by atoms with Crippen molar-refractivity contribution >= 4 is 47.3 Å². The number of nitrogens with zero attached hydrogens (tertiary/aromatic N) is 2. The Labute approximate surface area is 326 Å². The van der Waals surface area contributed by atoms with Gasteiger partial charge in [0.05, 0.1) is 25.4 Å². The Kier molecular flexibility index (Phi) is 23.3. The molecule has 0 aliphatic heterocycles. The smallest absolute Gasteiger partial charge is 0.243 e. The number of phenols is 2. The van der Waals surface area contributed by atoms with E-state index in [9.17, 15) is 43.8 Å². The third-order valence-corrected chi connectivity index (χ3v) is 8.40. The average molecular weight is 793 g/mol. The number of aliphatic imine (C=N–C) groups is 1. The normalized spacial score (nSPS) is 12.3. The van der Waals surface area contributed by atoms with E-state index in [-0.39, 0.29) is 61.4 Å². The summed E-state index contributed by atoms with van der Waals surface area (Å²) < 4.78 is 0. The van der Waals surface area contributed by atoms with Crippen molar-refractivity contribution in [3.63, 3.8) is 0 Å². The SMILES string of the molecule is C[C@@H](C(N)=O)N(CCCCNCCC(=O)NCCCCCNC(=O)[C@H](CC(N)=O)NC(=O)Cc1ccc(O)cc1O)C(=O)CNC(=O)[C@@H](N)CCCN=C(N)N. The molecule has 1 aromatic rings. The number of phenolic OH excluding ortho intramolecular Hbond substituents is 2. The van der Waals surface area contributed by atoms with Gasteiger partial charge in [-0.1, -0.05) is 6.07 Å². The van der Waals surface area contributed by atoms with Crippen molar-refractivity contribution < 1.29 is 43.8 Å². The highest BCUT2D eigenvalue weighted by atomic mass is 16.3. The summed E-state index contributed by atoms with van der Waals surface area (Å²) >= 11 is 0. The molecule has 0 aliphatic carbocycles. The number of rotatable bonds is 29. The molecule has 0 saturated carbocycles. The van der Waals surface area contributed by atoms with Crippen LogP contribution in [0.5, 0.6) is 11.5 Å². The molecule has 0 fully saturated rings. The van der Waals surface area contributed by atoms with Crippen molar-refractivity contribution in [3.8, 4) is 11.5 Å². The third kappa shape index (κ3) is 21.3. The number of aromatic hydroxyl groups is 2. The average Bonchev–Trinajstić information content (AvgIpc) is 3.13. The van der Waals surface area contributed by atoms with Crippen LogP contribution in [0.15, 0.2) is 23.2 Å². The Morgan fingerprint density at radius 3 is 2.12 bits per heavy atom. The summed E-state index contributed by atoms with van der Waals surface area (Å²) in [6, 6.07) is 0.806. The molecule has 3 atom stereocenters. The first-order valence-corrected chi connectivity index (χ1v) is 18.5. The van der Waals surface area contributed by atoms with Crippen molar-refractivity contribution in [2.75, 3.05) is 45.8 Å². The van der Waals surface area contributed by atoms with Crippen molar-refractivity contribution in [3.05, 3.63) is 23.8 Å². The molecule has 0 radical (unpaired) electrons. The number of nitrogens with one attached hydrogen (secondary N) is 5. The summed E-state index contributed by atoms with van der Waals surface area (Å²) in [5.74, 6) is -4.34. The van der Waals surface area contributed by atoms with Gasteiger partial charge in [-0.2, -0.15) is 0 Å². The van der Waals surface area contributed by atoms with Crippen LogP contribution in [0.2, 0.25) is 0 Å². The molecule has 56 heavy (non-hydrogen) atoms. The predicted octanol–water partition coefficient (Wildman–Crippen LogP) is -3.64. The van der Waals surface area contributed by atoms with Crippen LogP contribution < -0.4 is 55.3 Å². The Hall–Kier alpha value is -5.70. The predicted molar refractivity (Wildman–Crippen MR) is 207 cm³/mol. The number of carbonyl (C=O) groups is 7. The molecular formula is C35H60N12O9. The number of hydrogen-bond acceptors (Lipinski definition) is 12. The van der Waals surface area contributed by atoms with E-state index in [1.807, 2.05) is 0 Å². The molecule has 17 N–H and O–H groups in total. The van der Waals surface area contributed by atoms with Crippen LogP contribution in [0.1, 0.15) is 70.3 Å². The van der Waals surface area contributed by atoms with Crippen molar-refractivity contribution in [2.24, 2.45) is 33.7 Å². The molecule has 0 heterocycles. The van der Waals surface area contributed by atoms with Crippen LogP contribution in [-0.2, 0) is 40.0 Å². The standard InChI is InChI=1S/C35H60N12O9/c1-22(32(38)54)47(31(53)21-45-33(55)25(36)8-7-15-44-35(39)40)17-6-5-12-41-16-11-29(51)42-13-3-2-4-14-43-34(56)26(20-28(37)50)46-30(52)18-23-9-10-24(48)19-27(23)49/h9-10,19,22,25-26,41,48-49H,2-8,11-18,20-21,36H2,1H3,(H2,37,50)(H2,38,54)(H,42,51)(H,43,56)(H,45,55)(H,46,52)(H4,39,40,44)/t22-,25-,26-/m0/s1. The molecule has 314 valence electrons. The highest BCUT2D eigenvalue weighted by molar-refractivity contribution is 5.92. The maximum absolute atomic E-state index is 12.8. The maximum Gasteiger partial charge on any atom is 0.243 e. The van der Waals surface area contributed by atoms with E-state index in [2.05, 4.69) is 31.6 Å². The third-order valence-electron chi connectivity index (χ3n) is 8.40. The zero-order valence-corrected chi connectivity index (χ0v) is 32.0. The van der Waals surface area contributed by atoms with Gasteiger partial charge in [0.1, 0.15) is 23.6 Å². The van der Waals surface area contributed by atoms with Crippen LogP contribution >= 0.6 is 0 Å². The Bertz CT molecular complexity index is 1490. The highest BCUT2D eigenvalue weighted by Crippen LogP contribution is 2.22. The summed E-state index contributed by atoms with van der Waals surface area (Å²) in [5.41, 5.74) is 27.3. The minimum atomic E-state index is -1.20.